The van der Waals surface area contributed by atoms with E-state index in [4.69, 9.17) is 28.9 Å². The average molecular weight is 451 g/mol. The highest BCUT2D eigenvalue weighted by Gasteiger charge is 2.26. The van der Waals surface area contributed by atoms with Gasteiger partial charge in [0.15, 0.2) is 22.1 Å². The molecule has 3 N–H and O–H groups in total. The number of nitrogen functional groups attached to an aromatic ring is 1. The third-order valence-electron chi connectivity index (χ3n) is 3.63. The van der Waals surface area contributed by atoms with Crippen molar-refractivity contribution < 1.29 is 13.2 Å². The van der Waals surface area contributed by atoms with E-state index in [9.17, 15) is 13.2 Å². The van der Waals surface area contributed by atoms with Gasteiger partial charge in [-0.05, 0) is 31.2 Å². The van der Waals surface area contributed by atoms with Crippen molar-refractivity contribution in [3.63, 3.8) is 0 Å². The number of fused-ring (bicyclic) bond motifs is 1. The minimum Gasteiger partial charge on any atom is -0.382 e. The fourth-order valence-electron chi connectivity index (χ4n) is 2.50. The summed E-state index contributed by atoms with van der Waals surface area (Å²) in [4.78, 5) is 13.4. The maximum atomic E-state index is 12.2. The van der Waals surface area contributed by atoms with Gasteiger partial charge in [0.05, 0.1) is 6.54 Å². The molecule has 2 heterocycles. The molecule has 3 rings (SSSR count). The number of hydrogen-bond donors (Lipinski definition) is 2. The minimum atomic E-state index is -4.24. The summed E-state index contributed by atoms with van der Waals surface area (Å²) in [5.41, 5.74) is 6.83. The summed E-state index contributed by atoms with van der Waals surface area (Å²) in [5.74, 6) is 0.227. The number of aryl methyl sites for hydroxylation is 1. The number of aromatic nitrogens is 4. The molecule has 0 bridgehead atoms. The van der Waals surface area contributed by atoms with Crippen LogP contribution in [-0.4, -0.2) is 38.8 Å². The van der Waals surface area contributed by atoms with Crippen molar-refractivity contribution in [1.82, 2.24) is 24.8 Å². The van der Waals surface area contributed by atoms with E-state index in [1.807, 2.05) is 0 Å². The topological polar surface area (TPSA) is 81.7 Å². The van der Waals surface area contributed by atoms with E-state index in [2.05, 4.69) is 20.3 Å². The fraction of sp³-hybridized carbons (Fsp3) is 0.312. The molecule has 0 fully saturated rings. The van der Waals surface area contributed by atoms with Gasteiger partial charge in [-0.25, -0.2) is 15.0 Å². The molecule has 0 radical (unpaired) electrons. The first-order valence-corrected chi connectivity index (χ1v) is 9.68. The number of anilines is 1. The van der Waals surface area contributed by atoms with Crippen molar-refractivity contribution in [2.45, 2.75) is 29.2 Å². The molecule has 1 aromatic carbocycles. The molecule has 0 amide bonds. The van der Waals surface area contributed by atoms with E-state index >= 15 is 0 Å². The monoisotopic (exact) mass is 450 g/mol. The molecule has 28 heavy (non-hydrogen) atoms. The highest BCUT2D eigenvalue weighted by molar-refractivity contribution is 7.99. The van der Waals surface area contributed by atoms with Crippen molar-refractivity contribution in [3.05, 3.63) is 34.6 Å². The molecule has 0 aliphatic carbocycles. The zero-order valence-corrected chi connectivity index (χ0v) is 16.6. The molecule has 0 spiro atoms. The standard InChI is InChI=1S/C16H15Cl2F3N6S/c17-9-4-10(18)6-11(5-9)28-15-26-12-13(22)24-8-25-14(12)27(15)3-1-2-23-7-16(19,20)21/h4-6,8,23H,1-3,7H2,(H2,22,24,25). The van der Waals surface area contributed by atoms with Crippen LogP contribution < -0.4 is 11.1 Å². The molecule has 6 nitrogen and oxygen atoms in total. The Hall–Kier alpha value is -1.75. The van der Waals surface area contributed by atoms with Gasteiger partial charge >= 0.3 is 6.18 Å². The van der Waals surface area contributed by atoms with Crippen LogP contribution in [0.3, 0.4) is 0 Å². The molecule has 0 atom stereocenters. The first-order chi connectivity index (χ1) is 13.2. The Balaban J connectivity index is 1.82. The lowest BCUT2D eigenvalue weighted by Gasteiger charge is -2.10. The van der Waals surface area contributed by atoms with Gasteiger partial charge in [0.1, 0.15) is 6.33 Å². The molecule has 2 aromatic heterocycles. The van der Waals surface area contributed by atoms with Crippen LogP contribution in [0.5, 0.6) is 0 Å². The van der Waals surface area contributed by atoms with Gasteiger partial charge in [0.25, 0.3) is 0 Å². The third-order valence-corrected chi connectivity index (χ3v) is 5.03. The Labute approximate surface area is 172 Å². The van der Waals surface area contributed by atoms with Crippen molar-refractivity contribution >= 4 is 51.9 Å². The normalized spacial score (nSPS) is 12.0. The summed E-state index contributed by atoms with van der Waals surface area (Å²) < 4.78 is 38.5. The van der Waals surface area contributed by atoms with Gasteiger partial charge in [-0.1, -0.05) is 35.0 Å². The lowest BCUT2D eigenvalue weighted by molar-refractivity contribution is -0.124. The number of nitrogens with two attached hydrogens (primary N) is 1. The second-order valence-corrected chi connectivity index (χ2v) is 7.74. The maximum absolute atomic E-state index is 12.2. The Morgan fingerprint density at radius 3 is 2.54 bits per heavy atom. The van der Waals surface area contributed by atoms with E-state index in [1.54, 1.807) is 22.8 Å². The first-order valence-electron chi connectivity index (χ1n) is 8.11. The number of benzene rings is 1. The van der Waals surface area contributed by atoms with Crippen molar-refractivity contribution in [2.75, 3.05) is 18.8 Å². The van der Waals surface area contributed by atoms with Crippen molar-refractivity contribution in [3.8, 4) is 0 Å². The number of rotatable bonds is 7. The van der Waals surface area contributed by atoms with Crippen LogP contribution in [0, 0.1) is 0 Å². The molecular formula is C16H15Cl2F3N6S. The molecule has 0 saturated carbocycles. The second kappa shape index (κ2) is 8.73. The van der Waals surface area contributed by atoms with Crippen LogP contribution in [0.15, 0.2) is 34.6 Å². The minimum absolute atomic E-state index is 0.187. The highest BCUT2D eigenvalue weighted by Crippen LogP contribution is 2.34. The number of hydrogen-bond acceptors (Lipinski definition) is 6. The maximum Gasteiger partial charge on any atom is 0.401 e. The van der Waals surface area contributed by atoms with Gasteiger partial charge in [-0.2, -0.15) is 13.2 Å². The van der Waals surface area contributed by atoms with Crippen LogP contribution in [0.1, 0.15) is 6.42 Å². The lowest BCUT2D eigenvalue weighted by atomic mass is 10.4. The summed E-state index contributed by atoms with van der Waals surface area (Å²) in [6.07, 6.45) is -2.48. The SMILES string of the molecule is Nc1ncnc2c1nc(Sc1cc(Cl)cc(Cl)c1)n2CCCNCC(F)(F)F. The Morgan fingerprint density at radius 1 is 1.14 bits per heavy atom. The molecule has 150 valence electrons. The molecule has 0 aliphatic heterocycles. The zero-order valence-electron chi connectivity index (χ0n) is 14.3. The molecule has 0 aliphatic rings. The molecule has 3 aromatic rings. The second-order valence-electron chi connectivity index (χ2n) is 5.83. The van der Waals surface area contributed by atoms with Crippen LogP contribution in [0.2, 0.25) is 10.0 Å². The predicted molar refractivity (Wildman–Crippen MR) is 104 cm³/mol. The van der Waals surface area contributed by atoms with Gasteiger partial charge in [0, 0.05) is 21.5 Å². The highest BCUT2D eigenvalue weighted by atomic mass is 35.5. The number of nitrogens with one attached hydrogen (secondary N) is 1. The fourth-order valence-corrected chi connectivity index (χ4v) is 4.16. The van der Waals surface area contributed by atoms with E-state index in [0.29, 0.717) is 39.3 Å². The van der Waals surface area contributed by atoms with E-state index in [1.165, 1.54) is 18.1 Å². The summed E-state index contributed by atoms with van der Waals surface area (Å²) in [7, 11) is 0. The summed E-state index contributed by atoms with van der Waals surface area (Å²) in [5, 5.41) is 3.90. The van der Waals surface area contributed by atoms with Crippen molar-refractivity contribution in [2.24, 2.45) is 0 Å². The molecular weight excluding hydrogens is 436 g/mol. The van der Waals surface area contributed by atoms with Crippen molar-refractivity contribution in [1.29, 1.82) is 0 Å². The predicted octanol–water partition coefficient (Wildman–Crippen LogP) is 4.41. The smallest absolute Gasteiger partial charge is 0.382 e. The number of nitrogens with zero attached hydrogens (tertiary/aromatic N) is 4. The summed E-state index contributed by atoms with van der Waals surface area (Å²) in [6, 6.07) is 5.09. The van der Waals surface area contributed by atoms with Gasteiger partial charge in [-0.15, -0.1) is 0 Å². The summed E-state index contributed by atoms with van der Waals surface area (Å²) >= 11 is 13.4. The average Bonchev–Trinajstić information content (AvgIpc) is 2.91. The molecule has 0 unspecified atom stereocenters. The number of alkyl halides is 3. The summed E-state index contributed by atoms with van der Waals surface area (Å²) in [6.45, 7) is -0.448. The largest absolute Gasteiger partial charge is 0.401 e. The number of imidazole rings is 1. The quantitative estimate of drug-likeness (QED) is 0.518. The molecule has 12 heteroatoms. The first kappa shape index (κ1) is 21.0. The van der Waals surface area contributed by atoms with Crippen LogP contribution in [0.4, 0.5) is 19.0 Å². The van der Waals surface area contributed by atoms with E-state index < -0.39 is 12.7 Å². The van der Waals surface area contributed by atoms with E-state index in [-0.39, 0.29) is 12.4 Å². The van der Waals surface area contributed by atoms with Crippen LogP contribution in [0.25, 0.3) is 11.2 Å². The zero-order chi connectivity index (χ0) is 20.3. The lowest BCUT2D eigenvalue weighted by Crippen LogP contribution is -2.29. The van der Waals surface area contributed by atoms with Gasteiger partial charge in [0.2, 0.25) is 0 Å². The molecule has 0 saturated heterocycles. The third kappa shape index (κ3) is 5.40. The Bertz CT molecular complexity index is 959. The Kier molecular flexibility index (Phi) is 6.54. The van der Waals surface area contributed by atoms with Crippen LogP contribution in [-0.2, 0) is 6.54 Å². The van der Waals surface area contributed by atoms with Crippen LogP contribution >= 0.6 is 35.0 Å². The van der Waals surface area contributed by atoms with Gasteiger partial charge < -0.3 is 15.6 Å². The van der Waals surface area contributed by atoms with Gasteiger partial charge in [-0.3, -0.25) is 0 Å². The Morgan fingerprint density at radius 2 is 1.86 bits per heavy atom. The number of halogens is 5. The van der Waals surface area contributed by atoms with E-state index in [0.717, 1.165) is 4.90 Å².